The molecule has 0 amide bonds. The van der Waals surface area contributed by atoms with Gasteiger partial charge >= 0.3 is 0 Å². The number of aliphatic hydroxyl groups is 1. The average Bonchev–Trinajstić information content (AvgIpc) is 2.93. The number of nitrogens with zero attached hydrogens (tertiary/aromatic N) is 3. The third kappa shape index (κ3) is 3.81. The quantitative estimate of drug-likeness (QED) is 0.737. The maximum absolute atomic E-state index is 12.0. The first-order valence-corrected chi connectivity index (χ1v) is 8.43. The Bertz CT molecular complexity index is 981. The standard InChI is InChI=1S/C17H17Cl2N3O3/c1-10-5-16-21(11(2)6-17(24)22(16)20-10)8-13(23)9-25-15-4-3-12(18)7-14(15)19/h3-7,13,23H,8-9H2,1-2H3/t13-/m0/s1. The molecule has 132 valence electrons. The smallest absolute Gasteiger partial charge is 0.274 e. The molecular formula is C17H17Cl2N3O3. The summed E-state index contributed by atoms with van der Waals surface area (Å²) >= 11 is 11.9. The highest BCUT2D eigenvalue weighted by Gasteiger charge is 2.14. The summed E-state index contributed by atoms with van der Waals surface area (Å²) in [7, 11) is 0. The van der Waals surface area contributed by atoms with Crippen molar-refractivity contribution in [1.29, 1.82) is 0 Å². The second kappa shape index (κ2) is 7.07. The predicted octanol–water partition coefficient (Wildman–Crippen LogP) is 2.86. The highest BCUT2D eigenvalue weighted by Crippen LogP contribution is 2.27. The molecule has 0 aliphatic heterocycles. The first kappa shape index (κ1) is 17.8. The maximum atomic E-state index is 12.0. The lowest BCUT2D eigenvalue weighted by Gasteiger charge is -2.18. The van der Waals surface area contributed by atoms with Gasteiger partial charge in [-0.15, -0.1) is 0 Å². The van der Waals surface area contributed by atoms with Crippen molar-refractivity contribution in [3.05, 3.63) is 62.1 Å². The maximum Gasteiger partial charge on any atom is 0.274 e. The van der Waals surface area contributed by atoms with Crippen molar-refractivity contribution < 1.29 is 9.84 Å². The molecule has 0 aliphatic carbocycles. The van der Waals surface area contributed by atoms with Crippen molar-refractivity contribution >= 4 is 28.8 Å². The molecule has 3 aromatic rings. The van der Waals surface area contributed by atoms with E-state index in [2.05, 4.69) is 5.10 Å². The van der Waals surface area contributed by atoms with E-state index in [1.807, 2.05) is 18.4 Å². The van der Waals surface area contributed by atoms with Gasteiger partial charge in [-0.2, -0.15) is 9.61 Å². The predicted molar refractivity (Wildman–Crippen MR) is 96.9 cm³/mol. The molecule has 0 spiro atoms. The molecular weight excluding hydrogens is 365 g/mol. The van der Waals surface area contributed by atoms with Gasteiger partial charge in [0.15, 0.2) is 0 Å². The van der Waals surface area contributed by atoms with E-state index in [-0.39, 0.29) is 18.7 Å². The van der Waals surface area contributed by atoms with Crippen LogP contribution < -0.4 is 10.3 Å². The largest absolute Gasteiger partial charge is 0.489 e. The van der Waals surface area contributed by atoms with Crippen LogP contribution in [0.5, 0.6) is 5.75 Å². The Labute approximate surface area is 154 Å². The summed E-state index contributed by atoms with van der Waals surface area (Å²) in [6, 6.07) is 8.19. The molecule has 8 heteroatoms. The van der Waals surface area contributed by atoms with Gasteiger partial charge in [0, 0.05) is 22.8 Å². The highest BCUT2D eigenvalue weighted by atomic mass is 35.5. The van der Waals surface area contributed by atoms with E-state index in [0.717, 1.165) is 11.4 Å². The van der Waals surface area contributed by atoms with Crippen LogP contribution in [0.3, 0.4) is 0 Å². The topological polar surface area (TPSA) is 68.8 Å². The first-order chi connectivity index (χ1) is 11.8. The molecule has 0 saturated carbocycles. The van der Waals surface area contributed by atoms with Gasteiger partial charge in [-0.25, -0.2) is 0 Å². The second-order valence-corrected chi connectivity index (χ2v) is 6.67. The highest BCUT2D eigenvalue weighted by molar-refractivity contribution is 6.35. The summed E-state index contributed by atoms with van der Waals surface area (Å²) in [6.45, 7) is 3.93. The number of aryl methyl sites for hydroxylation is 2. The summed E-state index contributed by atoms with van der Waals surface area (Å²) in [6.07, 6.45) is -0.799. The van der Waals surface area contributed by atoms with Gasteiger partial charge in [-0.1, -0.05) is 23.2 Å². The van der Waals surface area contributed by atoms with E-state index in [0.29, 0.717) is 21.4 Å². The minimum atomic E-state index is -0.799. The van der Waals surface area contributed by atoms with Gasteiger partial charge in [0.2, 0.25) is 0 Å². The van der Waals surface area contributed by atoms with Crippen LogP contribution in [0.2, 0.25) is 10.0 Å². The normalized spacial score (nSPS) is 12.5. The third-order valence-electron chi connectivity index (χ3n) is 3.77. The number of halogens is 2. The van der Waals surface area contributed by atoms with Crippen LogP contribution in [0.4, 0.5) is 0 Å². The summed E-state index contributed by atoms with van der Waals surface area (Å²) in [5, 5.41) is 15.4. The lowest BCUT2D eigenvalue weighted by molar-refractivity contribution is 0.0927. The number of benzene rings is 1. The molecule has 2 heterocycles. The number of hydrogen-bond donors (Lipinski definition) is 1. The molecule has 3 rings (SSSR count). The second-order valence-electron chi connectivity index (χ2n) is 5.83. The van der Waals surface area contributed by atoms with Crippen molar-refractivity contribution in [3.63, 3.8) is 0 Å². The molecule has 1 aromatic carbocycles. The number of hydrogen-bond acceptors (Lipinski definition) is 4. The SMILES string of the molecule is Cc1cc2n(C[C@H](O)COc3ccc(Cl)cc3Cl)c(C)cc(=O)n2n1. The lowest BCUT2D eigenvalue weighted by Crippen LogP contribution is -2.27. The molecule has 2 aromatic heterocycles. The minimum Gasteiger partial charge on any atom is -0.489 e. The van der Waals surface area contributed by atoms with E-state index in [1.54, 1.807) is 24.3 Å². The van der Waals surface area contributed by atoms with E-state index in [9.17, 15) is 9.90 Å². The Balaban J connectivity index is 1.78. The van der Waals surface area contributed by atoms with Crippen molar-refractivity contribution in [2.75, 3.05) is 6.61 Å². The molecule has 0 bridgehead atoms. The first-order valence-electron chi connectivity index (χ1n) is 7.68. The fourth-order valence-corrected chi connectivity index (χ4v) is 3.08. The zero-order valence-corrected chi connectivity index (χ0v) is 15.3. The summed E-state index contributed by atoms with van der Waals surface area (Å²) in [5.41, 5.74) is 1.90. The Morgan fingerprint density at radius 1 is 1.24 bits per heavy atom. The molecule has 6 nitrogen and oxygen atoms in total. The number of fused-ring (bicyclic) bond motifs is 1. The van der Waals surface area contributed by atoms with Gasteiger partial charge in [0.05, 0.1) is 17.3 Å². The van der Waals surface area contributed by atoms with Crippen molar-refractivity contribution in [3.8, 4) is 5.75 Å². The van der Waals surface area contributed by atoms with Crippen LogP contribution >= 0.6 is 23.2 Å². The lowest BCUT2D eigenvalue weighted by atomic mass is 10.3. The average molecular weight is 382 g/mol. The Morgan fingerprint density at radius 2 is 2.00 bits per heavy atom. The van der Waals surface area contributed by atoms with Gasteiger partial charge in [0.1, 0.15) is 24.1 Å². The van der Waals surface area contributed by atoms with Gasteiger partial charge in [-0.05, 0) is 32.0 Å². The molecule has 0 saturated heterocycles. The number of aromatic nitrogens is 3. The van der Waals surface area contributed by atoms with Gasteiger partial charge in [-0.3, -0.25) is 4.79 Å². The summed E-state index contributed by atoms with van der Waals surface area (Å²) in [5.74, 6) is 0.451. The number of aliphatic hydroxyl groups excluding tert-OH is 1. The van der Waals surface area contributed by atoms with Crippen molar-refractivity contribution in [1.82, 2.24) is 14.2 Å². The number of rotatable bonds is 5. The van der Waals surface area contributed by atoms with E-state index in [4.69, 9.17) is 27.9 Å². The fourth-order valence-electron chi connectivity index (χ4n) is 2.62. The third-order valence-corrected chi connectivity index (χ3v) is 4.31. The van der Waals surface area contributed by atoms with E-state index >= 15 is 0 Å². The number of ether oxygens (including phenoxy) is 1. The Morgan fingerprint density at radius 3 is 2.72 bits per heavy atom. The summed E-state index contributed by atoms with van der Waals surface area (Å²) < 4.78 is 8.73. The molecule has 0 radical (unpaired) electrons. The van der Waals surface area contributed by atoms with Gasteiger partial charge in [0.25, 0.3) is 5.56 Å². The van der Waals surface area contributed by atoms with Crippen LogP contribution in [0.1, 0.15) is 11.4 Å². The monoisotopic (exact) mass is 381 g/mol. The summed E-state index contributed by atoms with van der Waals surface area (Å²) in [4.78, 5) is 12.0. The van der Waals surface area contributed by atoms with Crippen molar-refractivity contribution in [2.24, 2.45) is 0 Å². The van der Waals surface area contributed by atoms with E-state index < -0.39 is 6.10 Å². The fraction of sp³-hybridized carbons (Fsp3) is 0.294. The Kier molecular flexibility index (Phi) is 5.03. The van der Waals surface area contributed by atoms with E-state index in [1.165, 1.54) is 10.6 Å². The molecule has 25 heavy (non-hydrogen) atoms. The molecule has 0 aliphatic rings. The van der Waals surface area contributed by atoms with Crippen LogP contribution in [-0.2, 0) is 6.54 Å². The zero-order valence-electron chi connectivity index (χ0n) is 13.7. The molecule has 0 unspecified atom stereocenters. The van der Waals surface area contributed by atoms with Gasteiger partial charge < -0.3 is 14.4 Å². The van der Waals surface area contributed by atoms with Crippen LogP contribution in [0.25, 0.3) is 5.65 Å². The van der Waals surface area contributed by atoms with Crippen LogP contribution in [0, 0.1) is 13.8 Å². The molecule has 1 N–H and O–H groups in total. The van der Waals surface area contributed by atoms with Crippen molar-refractivity contribution in [2.45, 2.75) is 26.5 Å². The zero-order chi connectivity index (χ0) is 18.1. The molecule has 1 atom stereocenters. The molecule has 0 fully saturated rings. The minimum absolute atomic E-state index is 0.0478. The Hall–Kier alpha value is -2.02. The van der Waals surface area contributed by atoms with Crippen LogP contribution in [0.15, 0.2) is 35.1 Å². The van der Waals surface area contributed by atoms with Crippen LogP contribution in [-0.4, -0.2) is 32.0 Å².